The molecule has 1 unspecified atom stereocenters. The van der Waals surface area contributed by atoms with Crippen molar-refractivity contribution in [3.8, 4) is 0 Å². The lowest BCUT2D eigenvalue weighted by Crippen LogP contribution is -2.32. The van der Waals surface area contributed by atoms with E-state index in [1.807, 2.05) is 6.92 Å². The number of carbonyl (C=O) groups excluding carboxylic acids is 2. The molecule has 3 N–H and O–H groups in total. The molecule has 6 heteroatoms. The highest BCUT2D eigenvalue weighted by Crippen LogP contribution is 1.99. The number of hydrogen-bond acceptors (Lipinski definition) is 4. The van der Waals surface area contributed by atoms with Gasteiger partial charge in [0.05, 0.1) is 12.4 Å². The largest absolute Gasteiger partial charge is 0.459 e. The van der Waals surface area contributed by atoms with Crippen molar-refractivity contribution >= 4 is 11.8 Å². The number of rotatable bonds is 8. The Bertz CT molecular complexity index is 389. The molecule has 0 aromatic carbocycles. The summed E-state index contributed by atoms with van der Waals surface area (Å²) in [4.78, 5) is 22.9. The van der Waals surface area contributed by atoms with Gasteiger partial charge in [-0.1, -0.05) is 6.92 Å². The van der Waals surface area contributed by atoms with Crippen LogP contribution in [0.1, 0.15) is 36.7 Å². The van der Waals surface area contributed by atoms with Crippen LogP contribution in [-0.4, -0.2) is 36.1 Å². The zero-order valence-corrected chi connectivity index (χ0v) is 11.0. The molecule has 0 bridgehead atoms. The lowest BCUT2D eigenvalue weighted by Gasteiger charge is -2.09. The minimum Gasteiger partial charge on any atom is -0.459 e. The fraction of sp³-hybridized carbons (Fsp3) is 0.538. The van der Waals surface area contributed by atoms with Crippen LogP contribution in [0.2, 0.25) is 0 Å². The van der Waals surface area contributed by atoms with E-state index in [0.29, 0.717) is 19.4 Å². The Labute approximate surface area is 112 Å². The normalized spacial score (nSPS) is 11.9. The molecule has 1 rings (SSSR count). The first-order valence-corrected chi connectivity index (χ1v) is 6.40. The number of nitrogens with one attached hydrogen (secondary N) is 2. The van der Waals surface area contributed by atoms with Gasteiger partial charge in [-0.15, -0.1) is 0 Å². The molecule has 0 fully saturated rings. The fourth-order valence-corrected chi connectivity index (χ4v) is 1.46. The molecule has 2 amide bonds. The summed E-state index contributed by atoms with van der Waals surface area (Å²) in [6.45, 7) is 2.58. The van der Waals surface area contributed by atoms with Gasteiger partial charge in [-0.05, 0) is 25.0 Å². The van der Waals surface area contributed by atoms with Crippen LogP contribution in [0.5, 0.6) is 0 Å². The van der Waals surface area contributed by atoms with Crippen LogP contribution in [0.15, 0.2) is 22.8 Å². The van der Waals surface area contributed by atoms with E-state index in [1.165, 1.54) is 6.26 Å². The number of aliphatic hydroxyl groups excluding tert-OH is 1. The van der Waals surface area contributed by atoms with Crippen molar-refractivity contribution in [2.75, 3.05) is 13.1 Å². The van der Waals surface area contributed by atoms with Crippen molar-refractivity contribution < 1.29 is 19.1 Å². The molecule has 19 heavy (non-hydrogen) atoms. The molecule has 1 aromatic heterocycles. The smallest absolute Gasteiger partial charge is 0.286 e. The van der Waals surface area contributed by atoms with Gasteiger partial charge in [0.1, 0.15) is 0 Å². The highest BCUT2D eigenvalue weighted by molar-refractivity contribution is 5.91. The van der Waals surface area contributed by atoms with Gasteiger partial charge in [-0.3, -0.25) is 9.59 Å². The standard InChI is InChI=1S/C13H20N2O4/c1-2-10(16)5-7-14-12(17)6-8-15-13(18)11-4-3-9-19-11/h3-4,9-10,16H,2,5-8H2,1H3,(H,14,17)(H,15,18). The second-order valence-electron chi connectivity index (χ2n) is 4.18. The average molecular weight is 268 g/mol. The summed E-state index contributed by atoms with van der Waals surface area (Å²) in [5, 5.41) is 14.6. The van der Waals surface area contributed by atoms with Crippen molar-refractivity contribution in [3.63, 3.8) is 0 Å². The maximum Gasteiger partial charge on any atom is 0.286 e. The maximum absolute atomic E-state index is 11.5. The molecular formula is C13H20N2O4. The summed E-state index contributed by atoms with van der Waals surface area (Å²) < 4.78 is 4.92. The molecule has 6 nitrogen and oxygen atoms in total. The van der Waals surface area contributed by atoms with Gasteiger partial charge in [0, 0.05) is 19.5 Å². The van der Waals surface area contributed by atoms with Gasteiger partial charge in [-0.25, -0.2) is 0 Å². The number of carbonyl (C=O) groups is 2. The molecule has 0 aliphatic rings. The van der Waals surface area contributed by atoms with E-state index >= 15 is 0 Å². The highest BCUT2D eigenvalue weighted by Gasteiger charge is 2.08. The Hall–Kier alpha value is -1.82. The van der Waals surface area contributed by atoms with E-state index in [9.17, 15) is 14.7 Å². The first kappa shape index (κ1) is 15.2. The number of amides is 2. The van der Waals surface area contributed by atoms with Crippen molar-refractivity contribution in [3.05, 3.63) is 24.2 Å². The third-order valence-corrected chi connectivity index (χ3v) is 2.65. The summed E-state index contributed by atoms with van der Waals surface area (Å²) in [6, 6.07) is 3.18. The van der Waals surface area contributed by atoms with Gasteiger partial charge < -0.3 is 20.2 Å². The van der Waals surface area contributed by atoms with E-state index < -0.39 is 0 Å². The minimum absolute atomic E-state index is 0.150. The van der Waals surface area contributed by atoms with Gasteiger partial charge in [0.2, 0.25) is 5.91 Å². The number of hydrogen-bond donors (Lipinski definition) is 3. The molecule has 0 spiro atoms. The predicted octanol–water partition coefficient (Wildman–Crippen LogP) is 0.677. The van der Waals surface area contributed by atoms with E-state index in [4.69, 9.17) is 4.42 Å². The lowest BCUT2D eigenvalue weighted by molar-refractivity contribution is -0.121. The Kier molecular flexibility index (Phi) is 6.67. The second-order valence-corrected chi connectivity index (χ2v) is 4.18. The summed E-state index contributed by atoms with van der Waals surface area (Å²) in [5.74, 6) is -0.256. The summed E-state index contributed by atoms with van der Waals surface area (Å²) in [5.41, 5.74) is 0. The Morgan fingerprint density at radius 3 is 2.79 bits per heavy atom. The average Bonchev–Trinajstić information content (AvgIpc) is 2.92. The van der Waals surface area contributed by atoms with Crippen molar-refractivity contribution in [1.82, 2.24) is 10.6 Å². The van der Waals surface area contributed by atoms with Crippen LogP contribution in [0.3, 0.4) is 0 Å². The molecule has 1 atom stereocenters. The molecule has 0 saturated heterocycles. The zero-order chi connectivity index (χ0) is 14.1. The van der Waals surface area contributed by atoms with Crippen LogP contribution in [-0.2, 0) is 4.79 Å². The number of aliphatic hydroxyl groups is 1. The first-order chi connectivity index (χ1) is 9.13. The first-order valence-electron chi connectivity index (χ1n) is 6.40. The van der Waals surface area contributed by atoms with Gasteiger partial charge >= 0.3 is 0 Å². The van der Waals surface area contributed by atoms with Crippen LogP contribution >= 0.6 is 0 Å². The fourth-order valence-electron chi connectivity index (χ4n) is 1.46. The predicted molar refractivity (Wildman–Crippen MR) is 69.6 cm³/mol. The molecule has 0 aliphatic carbocycles. The Morgan fingerprint density at radius 2 is 2.16 bits per heavy atom. The van der Waals surface area contributed by atoms with Crippen molar-refractivity contribution in [2.45, 2.75) is 32.3 Å². The van der Waals surface area contributed by atoms with Crippen molar-refractivity contribution in [1.29, 1.82) is 0 Å². The van der Waals surface area contributed by atoms with E-state index in [-0.39, 0.29) is 36.6 Å². The van der Waals surface area contributed by atoms with Crippen LogP contribution < -0.4 is 10.6 Å². The molecule has 0 aliphatic heterocycles. The van der Waals surface area contributed by atoms with Crippen LogP contribution in [0.4, 0.5) is 0 Å². The maximum atomic E-state index is 11.5. The third kappa shape index (κ3) is 6.05. The van der Waals surface area contributed by atoms with E-state index in [1.54, 1.807) is 12.1 Å². The highest BCUT2D eigenvalue weighted by atomic mass is 16.3. The molecular weight excluding hydrogens is 248 g/mol. The van der Waals surface area contributed by atoms with Gasteiger partial charge in [-0.2, -0.15) is 0 Å². The van der Waals surface area contributed by atoms with E-state index in [0.717, 1.165) is 0 Å². The molecule has 106 valence electrons. The quantitative estimate of drug-likeness (QED) is 0.646. The topological polar surface area (TPSA) is 91.6 Å². The lowest BCUT2D eigenvalue weighted by atomic mass is 10.2. The van der Waals surface area contributed by atoms with Crippen LogP contribution in [0, 0.1) is 0 Å². The summed E-state index contributed by atoms with van der Waals surface area (Å²) in [6.07, 6.45) is 2.46. The van der Waals surface area contributed by atoms with Gasteiger partial charge in [0.25, 0.3) is 5.91 Å². The minimum atomic E-state index is -0.376. The summed E-state index contributed by atoms with van der Waals surface area (Å²) in [7, 11) is 0. The summed E-state index contributed by atoms with van der Waals surface area (Å²) >= 11 is 0. The van der Waals surface area contributed by atoms with Gasteiger partial charge in [0.15, 0.2) is 5.76 Å². The third-order valence-electron chi connectivity index (χ3n) is 2.65. The SMILES string of the molecule is CCC(O)CCNC(=O)CCNC(=O)c1ccco1. The molecule has 0 saturated carbocycles. The monoisotopic (exact) mass is 268 g/mol. The molecule has 1 aromatic rings. The zero-order valence-electron chi connectivity index (χ0n) is 11.0. The molecule has 1 heterocycles. The van der Waals surface area contributed by atoms with Crippen molar-refractivity contribution in [2.24, 2.45) is 0 Å². The Balaban J connectivity index is 2.09. The number of furan rings is 1. The molecule has 0 radical (unpaired) electrons. The van der Waals surface area contributed by atoms with E-state index in [2.05, 4.69) is 10.6 Å². The van der Waals surface area contributed by atoms with Crippen LogP contribution in [0.25, 0.3) is 0 Å². The second kappa shape index (κ2) is 8.31. The Morgan fingerprint density at radius 1 is 1.37 bits per heavy atom.